The van der Waals surface area contributed by atoms with Crippen molar-refractivity contribution in [3.63, 3.8) is 0 Å². The fourth-order valence-electron chi connectivity index (χ4n) is 2.54. The van der Waals surface area contributed by atoms with E-state index in [0.717, 1.165) is 19.3 Å². The zero-order valence-corrected chi connectivity index (χ0v) is 6.99. The molecule has 0 spiro atoms. The summed E-state index contributed by atoms with van der Waals surface area (Å²) in [7, 11) is 0. The normalized spacial score (nSPS) is 45.7. The van der Waals surface area contributed by atoms with Crippen molar-refractivity contribution in [2.75, 3.05) is 13.2 Å². The van der Waals surface area contributed by atoms with E-state index in [1.165, 1.54) is 0 Å². The molecule has 0 amide bonds. The Hall–Kier alpha value is -0.590. The Balaban J connectivity index is 2.21. The molecule has 0 bridgehead atoms. The standard InChI is InChI=1S/C9H13NO2/c10-5-9-3-1-2-7(9)8(4-11)12-6-9/h7-8,11H,1-4,6H2/t7?,8-,9+/m0/s1. The Morgan fingerprint density at radius 3 is 3.17 bits per heavy atom. The second-order valence-corrected chi connectivity index (χ2v) is 3.80. The number of fused-ring (bicyclic) bond motifs is 1. The van der Waals surface area contributed by atoms with Gasteiger partial charge >= 0.3 is 0 Å². The van der Waals surface area contributed by atoms with E-state index in [1.54, 1.807) is 0 Å². The minimum atomic E-state index is -0.257. The fourth-order valence-corrected chi connectivity index (χ4v) is 2.54. The van der Waals surface area contributed by atoms with Crippen LogP contribution < -0.4 is 0 Å². The van der Waals surface area contributed by atoms with Crippen LogP contribution in [0.15, 0.2) is 0 Å². The molecule has 66 valence electrons. The van der Waals surface area contributed by atoms with Gasteiger partial charge in [-0.15, -0.1) is 0 Å². The van der Waals surface area contributed by atoms with Gasteiger partial charge in [0.1, 0.15) is 0 Å². The van der Waals surface area contributed by atoms with Crippen molar-refractivity contribution in [2.45, 2.75) is 25.4 Å². The number of hydrogen-bond donors (Lipinski definition) is 1. The summed E-state index contributed by atoms with van der Waals surface area (Å²) in [6.07, 6.45) is 3.02. The van der Waals surface area contributed by atoms with Crippen molar-refractivity contribution in [3.8, 4) is 6.07 Å². The summed E-state index contributed by atoms with van der Waals surface area (Å²) >= 11 is 0. The van der Waals surface area contributed by atoms with Crippen LogP contribution in [0.1, 0.15) is 19.3 Å². The summed E-state index contributed by atoms with van der Waals surface area (Å²) in [5.41, 5.74) is -0.257. The molecule has 1 N–H and O–H groups in total. The Labute approximate surface area is 71.9 Å². The lowest BCUT2D eigenvalue weighted by Crippen LogP contribution is -2.27. The number of hydrogen-bond acceptors (Lipinski definition) is 3. The first-order valence-electron chi connectivity index (χ1n) is 4.46. The molecule has 1 aliphatic carbocycles. The monoisotopic (exact) mass is 167 g/mol. The van der Waals surface area contributed by atoms with Crippen molar-refractivity contribution in [1.29, 1.82) is 5.26 Å². The van der Waals surface area contributed by atoms with Crippen molar-refractivity contribution >= 4 is 0 Å². The number of rotatable bonds is 1. The number of aliphatic hydroxyl groups is 1. The van der Waals surface area contributed by atoms with Crippen molar-refractivity contribution in [2.24, 2.45) is 11.3 Å². The maximum atomic E-state index is 9.03. The van der Waals surface area contributed by atoms with Crippen LogP contribution in [-0.4, -0.2) is 24.4 Å². The Morgan fingerprint density at radius 2 is 2.50 bits per heavy atom. The predicted molar refractivity (Wildman–Crippen MR) is 42.2 cm³/mol. The van der Waals surface area contributed by atoms with Gasteiger partial charge in [-0.05, 0) is 12.8 Å². The second-order valence-electron chi connectivity index (χ2n) is 3.80. The second kappa shape index (κ2) is 2.72. The van der Waals surface area contributed by atoms with Gasteiger partial charge in [-0.1, -0.05) is 6.42 Å². The molecule has 1 aliphatic heterocycles. The molecule has 12 heavy (non-hydrogen) atoms. The van der Waals surface area contributed by atoms with Crippen LogP contribution in [0.3, 0.4) is 0 Å². The summed E-state index contributed by atoms with van der Waals surface area (Å²) in [6.45, 7) is 0.591. The van der Waals surface area contributed by atoms with Gasteiger partial charge in [0.2, 0.25) is 0 Å². The Morgan fingerprint density at radius 1 is 1.67 bits per heavy atom. The van der Waals surface area contributed by atoms with E-state index in [4.69, 9.17) is 15.1 Å². The molecule has 2 aliphatic rings. The summed E-state index contributed by atoms with van der Waals surface area (Å²) < 4.78 is 5.39. The van der Waals surface area contributed by atoms with Gasteiger partial charge in [0, 0.05) is 5.92 Å². The number of ether oxygens (including phenoxy) is 1. The third-order valence-electron chi connectivity index (χ3n) is 3.25. The molecule has 1 unspecified atom stereocenters. The van der Waals surface area contributed by atoms with Crippen molar-refractivity contribution < 1.29 is 9.84 Å². The number of aliphatic hydroxyl groups excluding tert-OH is 1. The van der Waals surface area contributed by atoms with Crippen LogP contribution in [0, 0.1) is 22.7 Å². The molecule has 1 saturated carbocycles. The largest absolute Gasteiger partial charge is 0.394 e. The lowest BCUT2D eigenvalue weighted by Gasteiger charge is -2.19. The molecule has 3 nitrogen and oxygen atoms in total. The first kappa shape index (κ1) is 8.03. The number of nitrogens with zero attached hydrogens (tertiary/aromatic N) is 1. The lowest BCUT2D eigenvalue weighted by atomic mass is 9.80. The Bertz CT molecular complexity index is 223. The molecule has 0 aromatic carbocycles. The summed E-state index contributed by atoms with van der Waals surface area (Å²) in [5.74, 6) is 0.285. The van der Waals surface area contributed by atoms with E-state index < -0.39 is 0 Å². The number of nitriles is 1. The van der Waals surface area contributed by atoms with Crippen LogP contribution in [0.5, 0.6) is 0 Å². The van der Waals surface area contributed by atoms with Gasteiger partial charge in [0.25, 0.3) is 0 Å². The van der Waals surface area contributed by atoms with E-state index in [2.05, 4.69) is 6.07 Å². The maximum absolute atomic E-state index is 9.03. The quantitative estimate of drug-likeness (QED) is 0.625. The van der Waals surface area contributed by atoms with Gasteiger partial charge in [0.05, 0.1) is 30.8 Å². The molecule has 2 rings (SSSR count). The zero-order valence-electron chi connectivity index (χ0n) is 6.99. The lowest BCUT2D eigenvalue weighted by molar-refractivity contribution is 0.0368. The minimum Gasteiger partial charge on any atom is -0.394 e. The summed E-state index contributed by atoms with van der Waals surface area (Å²) in [4.78, 5) is 0. The fraction of sp³-hybridized carbons (Fsp3) is 0.889. The van der Waals surface area contributed by atoms with Crippen molar-refractivity contribution in [3.05, 3.63) is 0 Å². The van der Waals surface area contributed by atoms with Crippen LogP contribution in [0.25, 0.3) is 0 Å². The third-order valence-corrected chi connectivity index (χ3v) is 3.25. The average Bonchev–Trinajstić information content (AvgIpc) is 2.61. The highest BCUT2D eigenvalue weighted by atomic mass is 16.5. The molecule has 1 heterocycles. The van der Waals surface area contributed by atoms with Crippen LogP contribution in [0.4, 0.5) is 0 Å². The molecule has 0 aromatic heterocycles. The van der Waals surface area contributed by atoms with E-state index >= 15 is 0 Å². The first-order valence-corrected chi connectivity index (χ1v) is 4.46. The summed E-state index contributed by atoms with van der Waals surface area (Å²) in [5, 5.41) is 18.0. The molecular formula is C9H13NO2. The van der Waals surface area contributed by atoms with E-state index in [9.17, 15) is 0 Å². The van der Waals surface area contributed by atoms with Gasteiger partial charge < -0.3 is 9.84 Å². The molecular weight excluding hydrogens is 154 g/mol. The van der Waals surface area contributed by atoms with E-state index in [0.29, 0.717) is 6.61 Å². The topological polar surface area (TPSA) is 53.2 Å². The smallest absolute Gasteiger partial charge is 0.0860 e. The Kier molecular flexibility index (Phi) is 1.82. The third kappa shape index (κ3) is 0.886. The zero-order chi connectivity index (χ0) is 8.60. The van der Waals surface area contributed by atoms with Gasteiger partial charge in [-0.25, -0.2) is 0 Å². The van der Waals surface area contributed by atoms with Gasteiger partial charge in [0.15, 0.2) is 0 Å². The van der Waals surface area contributed by atoms with E-state index in [-0.39, 0.29) is 24.0 Å². The van der Waals surface area contributed by atoms with Crippen LogP contribution in [0.2, 0.25) is 0 Å². The molecule has 1 saturated heterocycles. The molecule has 2 fully saturated rings. The highest BCUT2D eigenvalue weighted by Gasteiger charge is 2.52. The highest BCUT2D eigenvalue weighted by Crippen LogP contribution is 2.50. The summed E-state index contributed by atoms with van der Waals surface area (Å²) in [6, 6.07) is 2.37. The highest BCUT2D eigenvalue weighted by molar-refractivity contribution is 5.11. The van der Waals surface area contributed by atoms with E-state index in [1.807, 2.05) is 0 Å². The first-order chi connectivity index (χ1) is 5.82. The minimum absolute atomic E-state index is 0.0636. The van der Waals surface area contributed by atoms with Crippen LogP contribution >= 0.6 is 0 Å². The predicted octanol–water partition coefficient (Wildman–Crippen LogP) is 0.688. The average molecular weight is 167 g/mol. The molecule has 3 atom stereocenters. The SMILES string of the molecule is N#C[C@@]12CCCC1[C@H](CO)OC2. The van der Waals surface area contributed by atoms with Crippen molar-refractivity contribution in [1.82, 2.24) is 0 Å². The molecule has 3 heteroatoms. The van der Waals surface area contributed by atoms with Gasteiger partial charge in [-0.2, -0.15) is 5.26 Å². The van der Waals surface area contributed by atoms with Gasteiger partial charge in [-0.3, -0.25) is 0 Å². The maximum Gasteiger partial charge on any atom is 0.0860 e. The van der Waals surface area contributed by atoms with Crippen LogP contribution in [-0.2, 0) is 4.74 Å². The molecule has 0 radical (unpaired) electrons. The molecule has 0 aromatic rings.